The molecule has 2 aliphatic rings. The predicted molar refractivity (Wildman–Crippen MR) is 156 cm³/mol. The first kappa shape index (κ1) is 31.7. The topological polar surface area (TPSA) is 18.5 Å². The van der Waals surface area contributed by atoms with Crippen LogP contribution in [-0.4, -0.2) is 15.4 Å². The van der Waals surface area contributed by atoms with Crippen molar-refractivity contribution in [3.8, 4) is 11.5 Å². The van der Waals surface area contributed by atoms with Crippen LogP contribution in [0.15, 0.2) is 48.5 Å². The van der Waals surface area contributed by atoms with Gasteiger partial charge in [0, 0.05) is 5.92 Å². The van der Waals surface area contributed by atoms with Gasteiger partial charge >= 0.3 is 17.1 Å². The summed E-state index contributed by atoms with van der Waals surface area (Å²) in [6, 6.07) is 17.0. The molecule has 2 aromatic rings. The molecule has 2 aliphatic carbocycles. The van der Waals surface area contributed by atoms with Crippen LogP contribution in [0.25, 0.3) is 11.1 Å². The number of benzene rings is 2. The fraction of sp³-hybridized carbons (Fsp3) is 0.273. The van der Waals surface area contributed by atoms with Crippen molar-refractivity contribution in [1.29, 1.82) is 0 Å². The van der Waals surface area contributed by atoms with E-state index in [2.05, 4.69) is 103 Å². The van der Waals surface area contributed by atoms with Gasteiger partial charge in [0.1, 0.15) is 11.5 Å². The molecule has 2 saturated carbocycles. The molecule has 0 spiro atoms. The average Bonchev–Trinajstić information content (AvgIpc) is 3.60. The Balaban J connectivity index is 0.000000716. The van der Waals surface area contributed by atoms with Crippen molar-refractivity contribution in [2.75, 3.05) is 7.11 Å². The van der Waals surface area contributed by atoms with Gasteiger partial charge in [-0.3, -0.25) is 0 Å². The first-order valence-corrected chi connectivity index (χ1v) is 15.6. The van der Waals surface area contributed by atoms with Gasteiger partial charge in [0.05, 0.1) is 7.11 Å². The molecule has 0 aliphatic heterocycles. The molecule has 0 N–H and O–H groups in total. The van der Waals surface area contributed by atoms with E-state index in [-0.39, 0.29) is 22.1 Å². The number of methoxy groups -OCH3 is 1. The van der Waals surface area contributed by atoms with Gasteiger partial charge in [0.2, 0.25) is 8.32 Å². The van der Waals surface area contributed by atoms with Gasteiger partial charge in [0.25, 0.3) is 0 Å². The summed E-state index contributed by atoms with van der Waals surface area (Å²) in [4.78, 5) is 0. The second-order valence-electron chi connectivity index (χ2n) is 10.5. The minimum absolute atomic E-state index is 0. The van der Waals surface area contributed by atoms with E-state index >= 15 is 0 Å². The maximum atomic E-state index is 6.49. The van der Waals surface area contributed by atoms with Crippen molar-refractivity contribution >= 4 is 19.5 Å². The van der Waals surface area contributed by atoms with Crippen molar-refractivity contribution in [3.63, 3.8) is 0 Å². The summed E-state index contributed by atoms with van der Waals surface area (Å²) in [7, 11) is -0.147. The first-order chi connectivity index (χ1) is 17.2. The quantitative estimate of drug-likeness (QED) is 0.252. The summed E-state index contributed by atoms with van der Waals surface area (Å²) in [5.41, 5.74) is 5.03. The van der Waals surface area contributed by atoms with Crippen LogP contribution < -0.4 is 9.16 Å². The van der Waals surface area contributed by atoms with Gasteiger partial charge < -0.3 is 9.16 Å². The van der Waals surface area contributed by atoms with Crippen LogP contribution in [0, 0.1) is 63.7 Å². The fourth-order valence-corrected chi connectivity index (χ4v) is 4.86. The largest absolute Gasteiger partial charge is 2.00 e. The van der Waals surface area contributed by atoms with E-state index in [9.17, 15) is 0 Å². The van der Waals surface area contributed by atoms with Crippen molar-refractivity contribution < 1.29 is 26.2 Å². The molecule has 0 aromatic heterocycles. The molecular weight excluding hydrogens is 512 g/mol. The predicted octanol–water partition coefficient (Wildman–Crippen LogP) is 8.82. The number of hydrogen-bond donors (Lipinski definition) is 0. The van der Waals surface area contributed by atoms with Crippen molar-refractivity contribution in [3.05, 3.63) is 123 Å². The zero-order valence-electron chi connectivity index (χ0n) is 23.2. The van der Waals surface area contributed by atoms with Crippen molar-refractivity contribution in [2.45, 2.75) is 52.2 Å². The van der Waals surface area contributed by atoms with E-state index in [4.69, 9.17) is 9.16 Å². The Bertz CT molecular complexity index is 953. The molecule has 2 nitrogen and oxygen atoms in total. The van der Waals surface area contributed by atoms with E-state index in [1.807, 2.05) is 44.2 Å². The number of hydrogen-bond acceptors (Lipinski definition) is 2. The fourth-order valence-electron chi connectivity index (χ4n) is 3.83. The van der Waals surface area contributed by atoms with Gasteiger partial charge in [0.15, 0.2) is 0 Å². The molecule has 4 rings (SSSR count). The van der Waals surface area contributed by atoms with Crippen LogP contribution in [0.3, 0.4) is 0 Å². The second-order valence-corrected chi connectivity index (χ2v) is 15.2. The molecule has 0 unspecified atom stereocenters. The second kappa shape index (κ2) is 14.6. The Hall–Kier alpha value is -1.48. The van der Waals surface area contributed by atoms with Crippen LogP contribution in [0.1, 0.15) is 45.2 Å². The Labute approximate surface area is 239 Å². The molecule has 0 atom stereocenters. The molecule has 0 bridgehead atoms. The maximum Gasteiger partial charge on any atom is 2.00 e. The van der Waals surface area contributed by atoms with Gasteiger partial charge in [-0.25, -0.2) is 0 Å². The van der Waals surface area contributed by atoms with Crippen LogP contribution in [0.4, 0.5) is 0 Å². The molecule has 194 valence electrons. The molecule has 37 heavy (non-hydrogen) atoms. The van der Waals surface area contributed by atoms with Gasteiger partial charge in [-0.05, 0) is 129 Å². The molecule has 10 radical (unpaired) electrons. The van der Waals surface area contributed by atoms with Gasteiger partial charge in [-0.2, -0.15) is 0 Å². The van der Waals surface area contributed by atoms with Gasteiger partial charge in [-0.15, -0.1) is 0 Å². The third-order valence-corrected chi connectivity index (χ3v) is 11.3. The minimum Gasteiger partial charge on any atom is -0.544 e. The summed E-state index contributed by atoms with van der Waals surface area (Å²) in [6.07, 6.45) is 19.5. The van der Waals surface area contributed by atoms with Crippen LogP contribution in [0.2, 0.25) is 18.1 Å². The van der Waals surface area contributed by atoms with E-state index < -0.39 is 8.32 Å². The van der Waals surface area contributed by atoms with Crippen LogP contribution >= 0.6 is 0 Å². The zero-order chi connectivity index (χ0) is 26.2. The minimum atomic E-state index is -1.85. The van der Waals surface area contributed by atoms with E-state index in [0.717, 1.165) is 17.9 Å². The zero-order valence-corrected chi connectivity index (χ0v) is 25.3. The Morgan fingerprint density at radius 1 is 0.703 bits per heavy atom. The van der Waals surface area contributed by atoms with Gasteiger partial charge in [-0.1, -0.05) is 52.0 Å². The Morgan fingerprint density at radius 3 is 1.59 bits per heavy atom. The van der Waals surface area contributed by atoms with E-state index in [1.165, 1.54) is 28.2 Å². The first-order valence-electron chi connectivity index (χ1n) is 12.7. The molecule has 0 saturated heterocycles. The van der Waals surface area contributed by atoms with E-state index in [0.29, 0.717) is 0 Å². The molecule has 2 aromatic carbocycles. The maximum absolute atomic E-state index is 6.49. The molecule has 4 heteroatoms. The Morgan fingerprint density at radius 2 is 1.16 bits per heavy atom. The summed E-state index contributed by atoms with van der Waals surface area (Å²) in [5, 5.41) is 0.180. The standard InChI is InChI=1S/C28H35O2Si.C5H5.Fe/c1-8-26(21-13-19-25(20-14-21)30-31(6,7)28(2,3)4)27(22-11-9-10-12-22)23-15-17-24(29-5)18-16-23;1-2-4-5-3-1;/h9-20H,8H2,1-7H3;1-5H;/q;;+2/b27-26+;;. The molecular formula is C33H40FeO2Si+2. The van der Waals surface area contributed by atoms with E-state index in [1.54, 1.807) is 7.11 Å². The Kier molecular flexibility index (Phi) is 12.5. The molecule has 2 fully saturated rings. The van der Waals surface area contributed by atoms with Crippen molar-refractivity contribution in [2.24, 2.45) is 0 Å². The average molecular weight is 553 g/mol. The summed E-state index contributed by atoms with van der Waals surface area (Å²) < 4.78 is 11.8. The monoisotopic (exact) mass is 552 g/mol. The number of rotatable bonds is 7. The third-order valence-electron chi connectivity index (χ3n) is 6.92. The molecule has 0 heterocycles. The van der Waals surface area contributed by atoms with Crippen LogP contribution in [-0.2, 0) is 17.1 Å². The number of ether oxygens (including phenoxy) is 1. The normalized spacial score (nSPS) is 16.8. The summed E-state index contributed by atoms with van der Waals surface area (Å²) in [5.74, 6) is 3.07. The van der Waals surface area contributed by atoms with Crippen LogP contribution in [0.5, 0.6) is 11.5 Å². The summed E-state index contributed by atoms with van der Waals surface area (Å²) >= 11 is 0. The SMILES string of the molecule is CC/C(=C(/[C]1[CH][CH][CH][CH]1)c1ccc(OC)cc1)c1ccc(O[Si](C)(C)C(C)(C)C)cc1.[CH]1[CH][CH][CH][CH]1.[Fe+2]. The number of allylic oxidation sites excluding steroid dienone is 2. The summed E-state index contributed by atoms with van der Waals surface area (Å²) in [6.45, 7) is 13.6. The van der Waals surface area contributed by atoms with Crippen molar-refractivity contribution in [1.82, 2.24) is 0 Å². The smallest absolute Gasteiger partial charge is 0.544 e. The third kappa shape index (κ3) is 8.77. The molecule has 0 amide bonds.